The highest BCUT2D eigenvalue weighted by Crippen LogP contribution is 2.03. The molecule has 0 spiro atoms. The van der Waals surface area contributed by atoms with Gasteiger partial charge in [-0.2, -0.15) is 0 Å². The summed E-state index contributed by atoms with van der Waals surface area (Å²) in [4.78, 5) is 0. The van der Waals surface area contributed by atoms with Gasteiger partial charge in [-0.25, -0.2) is 0 Å². The van der Waals surface area contributed by atoms with Gasteiger partial charge >= 0.3 is 0 Å². The van der Waals surface area contributed by atoms with Crippen molar-refractivity contribution in [3.05, 3.63) is 35.4 Å². The van der Waals surface area contributed by atoms with Crippen molar-refractivity contribution in [2.75, 3.05) is 6.54 Å². The molecule has 0 saturated carbocycles. The molecule has 0 aliphatic carbocycles. The Kier molecular flexibility index (Phi) is 3.97. The fraction of sp³-hybridized carbons (Fsp3) is 0.500. The van der Waals surface area contributed by atoms with E-state index in [1.165, 1.54) is 11.1 Å². The zero-order valence-corrected chi connectivity index (χ0v) is 8.80. The van der Waals surface area contributed by atoms with Gasteiger partial charge in [-0.05, 0) is 24.9 Å². The fourth-order valence-corrected chi connectivity index (χ4v) is 1.33. The molecule has 1 nitrogen and oxygen atoms in total. The summed E-state index contributed by atoms with van der Waals surface area (Å²) in [5, 5.41) is 3.43. The van der Waals surface area contributed by atoms with Crippen molar-refractivity contribution in [3.63, 3.8) is 0 Å². The van der Waals surface area contributed by atoms with Crippen molar-refractivity contribution < 1.29 is 0 Å². The number of hydrogen-bond donors (Lipinski definition) is 1. The zero-order chi connectivity index (χ0) is 9.68. The van der Waals surface area contributed by atoms with Gasteiger partial charge in [0, 0.05) is 6.54 Å². The van der Waals surface area contributed by atoms with E-state index in [0.29, 0.717) is 0 Å². The second kappa shape index (κ2) is 5.03. The van der Waals surface area contributed by atoms with Crippen molar-refractivity contribution >= 4 is 0 Å². The first-order valence-corrected chi connectivity index (χ1v) is 4.94. The third kappa shape index (κ3) is 4.09. The van der Waals surface area contributed by atoms with E-state index in [0.717, 1.165) is 19.0 Å². The van der Waals surface area contributed by atoms with Crippen LogP contribution < -0.4 is 5.32 Å². The molecule has 1 heteroatoms. The van der Waals surface area contributed by atoms with Crippen LogP contribution in [0.3, 0.4) is 0 Å². The minimum atomic E-state index is 0.727. The summed E-state index contributed by atoms with van der Waals surface area (Å²) in [5.41, 5.74) is 2.71. The Morgan fingerprint density at radius 3 is 2.69 bits per heavy atom. The second-order valence-corrected chi connectivity index (χ2v) is 4.01. The first kappa shape index (κ1) is 10.3. The van der Waals surface area contributed by atoms with E-state index in [-0.39, 0.29) is 0 Å². The highest BCUT2D eigenvalue weighted by molar-refractivity contribution is 5.21. The molecule has 0 aromatic heterocycles. The normalized spacial score (nSPS) is 10.8. The number of rotatable bonds is 4. The van der Waals surface area contributed by atoms with E-state index in [9.17, 15) is 0 Å². The maximum atomic E-state index is 3.43. The minimum absolute atomic E-state index is 0.727. The monoisotopic (exact) mass is 177 g/mol. The third-order valence-electron chi connectivity index (χ3n) is 1.96. The van der Waals surface area contributed by atoms with Gasteiger partial charge in [0.2, 0.25) is 0 Å². The smallest absolute Gasteiger partial charge is 0.0205 e. The maximum Gasteiger partial charge on any atom is 0.0205 e. The van der Waals surface area contributed by atoms with Crippen molar-refractivity contribution in [1.82, 2.24) is 5.32 Å². The van der Waals surface area contributed by atoms with Gasteiger partial charge < -0.3 is 5.32 Å². The predicted molar refractivity (Wildman–Crippen MR) is 57.7 cm³/mol. The van der Waals surface area contributed by atoms with Gasteiger partial charge in [0.1, 0.15) is 0 Å². The first-order chi connectivity index (χ1) is 6.18. The molecule has 0 aliphatic rings. The number of aryl methyl sites for hydroxylation is 1. The fourth-order valence-electron chi connectivity index (χ4n) is 1.33. The van der Waals surface area contributed by atoms with Gasteiger partial charge in [0.25, 0.3) is 0 Å². The van der Waals surface area contributed by atoms with Crippen LogP contribution in [0, 0.1) is 12.8 Å². The molecule has 0 radical (unpaired) electrons. The topological polar surface area (TPSA) is 12.0 Å². The van der Waals surface area contributed by atoms with Crippen LogP contribution in [-0.4, -0.2) is 6.54 Å². The van der Waals surface area contributed by atoms with Crippen LogP contribution in [0.25, 0.3) is 0 Å². The summed E-state index contributed by atoms with van der Waals surface area (Å²) >= 11 is 0. The van der Waals surface area contributed by atoms with E-state index in [2.05, 4.69) is 50.4 Å². The Bertz CT molecular complexity index is 253. The number of hydrogen-bond acceptors (Lipinski definition) is 1. The largest absolute Gasteiger partial charge is 0.312 e. The average Bonchev–Trinajstić information content (AvgIpc) is 2.03. The molecule has 0 heterocycles. The van der Waals surface area contributed by atoms with E-state index in [4.69, 9.17) is 0 Å². The third-order valence-corrected chi connectivity index (χ3v) is 1.96. The molecular formula is C12H19N. The van der Waals surface area contributed by atoms with E-state index < -0.39 is 0 Å². The van der Waals surface area contributed by atoms with Gasteiger partial charge in [-0.1, -0.05) is 43.7 Å². The molecule has 1 N–H and O–H groups in total. The Morgan fingerprint density at radius 2 is 2.08 bits per heavy atom. The van der Waals surface area contributed by atoms with Crippen LogP contribution in [0.15, 0.2) is 24.3 Å². The van der Waals surface area contributed by atoms with Crippen LogP contribution in [-0.2, 0) is 6.54 Å². The van der Waals surface area contributed by atoms with Gasteiger partial charge in [0.05, 0.1) is 0 Å². The van der Waals surface area contributed by atoms with Crippen LogP contribution in [0.5, 0.6) is 0 Å². The lowest BCUT2D eigenvalue weighted by atomic mass is 10.1. The quantitative estimate of drug-likeness (QED) is 0.745. The highest BCUT2D eigenvalue weighted by atomic mass is 14.8. The molecule has 72 valence electrons. The van der Waals surface area contributed by atoms with E-state index in [1.54, 1.807) is 0 Å². The lowest BCUT2D eigenvalue weighted by Gasteiger charge is -2.07. The van der Waals surface area contributed by atoms with Crippen molar-refractivity contribution in [2.24, 2.45) is 5.92 Å². The Balaban J connectivity index is 2.37. The summed E-state index contributed by atoms with van der Waals surface area (Å²) < 4.78 is 0. The molecule has 1 rings (SSSR count). The van der Waals surface area contributed by atoms with E-state index in [1.807, 2.05) is 0 Å². The Hall–Kier alpha value is -0.820. The molecule has 1 aromatic rings. The molecule has 0 amide bonds. The van der Waals surface area contributed by atoms with Crippen LogP contribution in [0.4, 0.5) is 0 Å². The second-order valence-electron chi connectivity index (χ2n) is 4.01. The molecule has 0 atom stereocenters. The Morgan fingerprint density at radius 1 is 1.31 bits per heavy atom. The minimum Gasteiger partial charge on any atom is -0.312 e. The summed E-state index contributed by atoms with van der Waals surface area (Å²) in [6.45, 7) is 8.66. The standard InChI is InChI=1S/C12H19N/c1-10(2)8-13-9-12-6-4-5-11(3)7-12/h4-7,10,13H,8-9H2,1-3H3. The van der Waals surface area contributed by atoms with Crippen LogP contribution >= 0.6 is 0 Å². The lowest BCUT2D eigenvalue weighted by Crippen LogP contribution is -2.18. The summed E-state index contributed by atoms with van der Waals surface area (Å²) in [6.07, 6.45) is 0. The zero-order valence-electron chi connectivity index (χ0n) is 8.80. The van der Waals surface area contributed by atoms with Gasteiger partial charge in [-0.3, -0.25) is 0 Å². The highest BCUT2D eigenvalue weighted by Gasteiger charge is 1.94. The molecule has 0 unspecified atom stereocenters. The number of nitrogens with one attached hydrogen (secondary N) is 1. The SMILES string of the molecule is Cc1cccc(CNCC(C)C)c1. The molecule has 1 aromatic carbocycles. The summed E-state index contributed by atoms with van der Waals surface area (Å²) in [5.74, 6) is 0.727. The summed E-state index contributed by atoms with van der Waals surface area (Å²) in [7, 11) is 0. The number of benzene rings is 1. The average molecular weight is 177 g/mol. The van der Waals surface area contributed by atoms with Crippen molar-refractivity contribution in [2.45, 2.75) is 27.3 Å². The summed E-state index contributed by atoms with van der Waals surface area (Å²) in [6, 6.07) is 8.64. The molecule has 13 heavy (non-hydrogen) atoms. The molecule has 0 bridgehead atoms. The molecule has 0 fully saturated rings. The Labute approximate surface area is 81.2 Å². The lowest BCUT2D eigenvalue weighted by molar-refractivity contribution is 0.552. The molecule has 0 aliphatic heterocycles. The molecular weight excluding hydrogens is 158 g/mol. The van der Waals surface area contributed by atoms with Crippen molar-refractivity contribution in [3.8, 4) is 0 Å². The maximum absolute atomic E-state index is 3.43. The van der Waals surface area contributed by atoms with Crippen LogP contribution in [0.2, 0.25) is 0 Å². The van der Waals surface area contributed by atoms with E-state index >= 15 is 0 Å². The van der Waals surface area contributed by atoms with Crippen LogP contribution in [0.1, 0.15) is 25.0 Å². The van der Waals surface area contributed by atoms with Gasteiger partial charge in [0.15, 0.2) is 0 Å². The molecule has 0 saturated heterocycles. The predicted octanol–water partition coefficient (Wildman–Crippen LogP) is 2.74. The van der Waals surface area contributed by atoms with Gasteiger partial charge in [-0.15, -0.1) is 0 Å². The van der Waals surface area contributed by atoms with Crippen molar-refractivity contribution in [1.29, 1.82) is 0 Å². The first-order valence-electron chi connectivity index (χ1n) is 4.94.